The number of rotatable bonds is 11. The molecular formula is C25H32N2O3. The van der Waals surface area contributed by atoms with Crippen LogP contribution >= 0.6 is 0 Å². The highest BCUT2D eigenvalue weighted by molar-refractivity contribution is 5.86. The van der Waals surface area contributed by atoms with E-state index >= 15 is 0 Å². The summed E-state index contributed by atoms with van der Waals surface area (Å²) in [6.45, 7) is 2.91. The Morgan fingerprint density at radius 2 is 1.87 bits per heavy atom. The number of H-pyrrole nitrogens is 1. The van der Waals surface area contributed by atoms with Gasteiger partial charge in [-0.25, -0.2) is 0 Å². The molecule has 0 aliphatic carbocycles. The molecule has 30 heavy (non-hydrogen) atoms. The number of aromatic nitrogens is 1. The molecule has 1 amide bonds. The number of nitrogens with one attached hydrogen (secondary N) is 2. The molecule has 0 saturated heterocycles. The summed E-state index contributed by atoms with van der Waals surface area (Å²) in [6.07, 6.45) is 6.93. The van der Waals surface area contributed by atoms with Gasteiger partial charge in [0.2, 0.25) is 5.91 Å². The Morgan fingerprint density at radius 3 is 2.63 bits per heavy atom. The van der Waals surface area contributed by atoms with Gasteiger partial charge in [-0.1, -0.05) is 50.5 Å². The van der Waals surface area contributed by atoms with Gasteiger partial charge in [-0.15, -0.1) is 0 Å². The molecule has 5 nitrogen and oxygen atoms in total. The van der Waals surface area contributed by atoms with Crippen molar-refractivity contribution in [1.82, 2.24) is 10.3 Å². The van der Waals surface area contributed by atoms with Crippen LogP contribution in [0.2, 0.25) is 0 Å². The molecule has 0 radical (unpaired) electrons. The smallest absolute Gasteiger partial charge is 0.220 e. The highest BCUT2D eigenvalue weighted by atomic mass is 16.5. The number of carbonyl (C=O) groups is 1. The second kappa shape index (κ2) is 10.7. The summed E-state index contributed by atoms with van der Waals surface area (Å²) in [5.74, 6) is 1.38. The van der Waals surface area contributed by atoms with Crippen LogP contribution in [0, 0.1) is 0 Å². The summed E-state index contributed by atoms with van der Waals surface area (Å²) in [5.41, 5.74) is 3.13. The molecule has 0 bridgehead atoms. The highest BCUT2D eigenvalue weighted by Gasteiger charge is 2.24. The van der Waals surface area contributed by atoms with Gasteiger partial charge in [0.15, 0.2) is 0 Å². The van der Waals surface area contributed by atoms with Gasteiger partial charge < -0.3 is 19.8 Å². The van der Waals surface area contributed by atoms with E-state index < -0.39 is 0 Å². The summed E-state index contributed by atoms with van der Waals surface area (Å²) in [6, 6.07) is 14.0. The first-order valence-electron chi connectivity index (χ1n) is 10.7. The van der Waals surface area contributed by atoms with E-state index in [1.54, 1.807) is 14.2 Å². The van der Waals surface area contributed by atoms with E-state index in [0.717, 1.165) is 52.9 Å². The first-order chi connectivity index (χ1) is 14.7. The van der Waals surface area contributed by atoms with Crippen molar-refractivity contribution in [2.45, 2.75) is 44.9 Å². The van der Waals surface area contributed by atoms with Crippen molar-refractivity contribution in [3.05, 3.63) is 59.8 Å². The van der Waals surface area contributed by atoms with Crippen molar-refractivity contribution in [2.75, 3.05) is 20.8 Å². The number of ether oxygens (including phenoxy) is 2. The molecule has 0 unspecified atom stereocenters. The van der Waals surface area contributed by atoms with Crippen LogP contribution in [0.5, 0.6) is 11.5 Å². The van der Waals surface area contributed by atoms with Crippen LogP contribution < -0.4 is 14.8 Å². The van der Waals surface area contributed by atoms with Gasteiger partial charge in [-0.3, -0.25) is 4.79 Å². The predicted molar refractivity (Wildman–Crippen MR) is 121 cm³/mol. The average Bonchev–Trinajstić information content (AvgIpc) is 3.21. The molecule has 2 N–H and O–H groups in total. The molecule has 1 atom stereocenters. The molecule has 3 aromatic rings. The zero-order valence-corrected chi connectivity index (χ0v) is 18.2. The average molecular weight is 409 g/mol. The zero-order chi connectivity index (χ0) is 21.3. The molecular weight excluding hydrogens is 376 g/mol. The largest absolute Gasteiger partial charge is 0.497 e. The molecule has 0 fully saturated rings. The van der Waals surface area contributed by atoms with Gasteiger partial charge in [0, 0.05) is 47.6 Å². The van der Waals surface area contributed by atoms with Crippen molar-refractivity contribution >= 4 is 16.8 Å². The number of carbonyl (C=O) groups excluding carboxylic acids is 1. The van der Waals surface area contributed by atoms with Crippen molar-refractivity contribution in [3.8, 4) is 11.5 Å². The van der Waals surface area contributed by atoms with Gasteiger partial charge in [0.05, 0.1) is 14.2 Å². The number of hydrogen-bond donors (Lipinski definition) is 2. The lowest BCUT2D eigenvalue weighted by Crippen LogP contribution is -2.26. The third-order valence-electron chi connectivity index (χ3n) is 5.55. The lowest BCUT2D eigenvalue weighted by molar-refractivity contribution is -0.121. The molecule has 160 valence electrons. The third kappa shape index (κ3) is 5.15. The standard InChI is InChI=1S/C25H32N2O3/c1-4-5-6-9-14-26-25(28)16-21(20-13-12-18(29-2)15-24(20)30-3)22-17-27-23-11-8-7-10-19(22)23/h7-8,10-13,15,17,21,27H,4-6,9,14,16H2,1-3H3,(H,26,28)/t21-/m0/s1. The van der Waals surface area contributed by atoms with Crippen molar-refractivity contribution in [2.24, 2.45) is 0 Å². The van der Waals surface area contributed by atoms with Crippen LogP contribution in [0.15, 0.2) is 48.7 Å². The van der Waals surface area contributed by atoms with Crippen molar-refractivity contribution in [3.63, 3.8) is 0 Å². The van der Waals surface area contributed by atoms with Crippen LogP contribution in [0.25, 0.3) is 10.9 Å². The molecule has 0 aliphatic rings. The van der Waals surface area contributed by atoms with E-state index in [1.807, 2.05) is 36.5 Å². The molecule has 3 rings (SSSR count). The van der Waals surface area contributed by atoms with Gasteiger partial charge in [0.25, 0.3) is 0 Å². The lowest BCUT2D eigenvalue weighted by Gasteiger charge is -2.20. The van der Waals surface area contributed by atoms with Crippen LogP contribution in [-0.2, 0) is 4.79 Å². The van der Waals surface area contributed by atoms with Crippen LogP contribution in [0.4, 0.5) is 0 Å². The molecule has 2 aromatic carbocycles. The monoisotopic (exact) mass is 408 g/mol. The minimum absolute atomic E-state index is 0.0552. The van der Waals surface area contributed by atoms with Gasteiger partial charge in [-0.05, 0) is 24.1 Å². The second-order valence-electron chi connectivity index (χ2n) is 7.56. The lowest BCUT2D eigenvalue weighted by atomic mass is 9.87. The molecule has 1 aromatic heterocycles. The molecule has 0 aliphatic heterocycles. The summed E-state index contributed by atoms with van der Waals surface area (Å²) in [7, 11) is 3.29. The number of methoxy groups -OCH3 is 2. The quantitative estimate of drug-likeness (QED) is 0.417. The van der Waals surface area contributed by atoms with E-state index in [9.17, 15) is 4.79 Å². The number of benzene rings is 2. The third-order valence-corrected chi connectivity index (χ3v) is 5.55. The van der Waals surface area contributed by atoms with E-state index in [0.29, 0.717) is 6.42 Å². The highest BCUT2D eigenvalue weighted by Crippen LogP contribution is 2.39. The number of unbranched alkanes of at least 4 members (excludes halogenated alkanes) is 3. The summed E-state index contributed by atoms with van der Waals surface area (Å²) in [4.78, 5) is 16.2. The van der Waals surface area contributed by atoms with E-state index in [4.69, 9.17) is 9.47 Å². The first-order valence-corrected chi connectivity index (χ1v) is 10.7. The van der Waals surface area contributed by atoms with Gasteiger partial charge in [0.1, 0.15) is 11.5 Å². The van der Waals surface area contributed by atoms with Gasteiger partial charge in [-0.2, -0.15) is 0 Å². The molecule has 5 heteroatoms. The minimum atomic E-state index is -0.127. The van der Waals surface area contributed by atoms with Crippen LogP contribution in [0.1, 0.15) is 56.1 Å². The fourth-order valence-corrected chi connectivity index (χ4v) is 3.91. The van der Waals surface area contributed by atoms with Gasteiger partial charge >= 0.3 is 0 Å². The number of hydrogen-bond acceptors (Lipinski definition) is 3. The van der Waals surface area contributed by atoms with E-state index in [-0.39, 0.29) is 11.8 Å². The van der Waals surface area contributed by atoms with Crippen molar-refractivity contribution in [1.29, 1.82) is 0 Å². The Labute approximate surface area is 178 Å². The normalized spacial score (nSPS) is 12.0. The van der Waals surface area contributed by atoms with E-state index in [1.165, 1.54) is 12.8 Å². The fourth-order valence-electron chi connectivity index (χ4n) is 3.91. The second-order valence-corrected chi connectivity index (χ2v) is 7.56. The fraction of sp³-hybridized carbons (Fsp3) is 0.400. The van der Waals surface area contributed by atoms with E-state index in [2.05, 4.69) is 29.4 Å². The van der Waals surface area contributed by atoms with Crippen molar-refractivity contribution < 1.29 is 14.3 Å². The number of para-hydroxylation sites is 1. The molecule has 0 spiro atoms. The summed E-state index contributed by atoms with van der Waals surface area (Å²) < 4.78 is 11.0. The topological polar surface area (TPSA) is 63.4 Å². The maximum absolute atomic E-state index is 12.8. The maximum Gasteiger partial charge on any atom is 0.220 e. The Kier molecular flexibility index (Phi) is 7.77. The Bertz CT molecular complexity index is 964. The Balaban J connectivity index is 1.89. The number of amides is 1. The maximum atomic E-state index is 12.8. The Hall–Kier alpha value is -2.95. The summed E-state index contributed by atoms with van der Waals surface area (Å²) in [5, 5.41) is 4.22. The predicted octanol–water partition coefficient (Wildman–Crippen LogP) is 5.40. The van der Waals surface area contributed by atoms with Crippen LogP contribution in [-0.4, -0.2) is 31.7 Å². The first kappa shape index (κ1) is 21.8. The minimum Gasteiger partial charge on any atom is -0.497 e. The molecule has 1 heterocycles. The Morgan fingerprint density at radius 1 is 1.03 bits per heavy atom. The SMILES string of the molecule is CCCCCCNC(=O)C[C@@H](c1ccc(OC)cc1OC)c1c[nH]c2ccccc12. The molecule has 0 saturated carbocycles. The zero-order valence-electron chi connectivity index (χ0n) is 18.2. The number of fused-ring (bicyclic) bond motifs is 1. The summed E-state index contributed by atoms with van der Waals surface area (Å²) >= 11 is 0. The number of aromatic amines is 1. The van der Waals surface area contributed by atoms with Crippen LogP contribution in [0.3, 0.4) is 0 Å².